The molecule has 0 aromatic carbocycles. The van der Waals surface area contributed by atoms with Gasteiger partial charge in [-0.3, -0.25) is 0 Å². The average molecular weight is 504 g/mol. The van der Waals surface area contributed by atoms with E-state index in [1.807, 2.05) is 13.0 Å². The molecule has 0 amide bonds. The summed E-state index contributed by atoms with van der Waals surface area (Å²) in [5.41, 5.74) is -0.569. The van der Waals surface area contributed by atoms with Gasteiger partial charge in [-0.25, -0.2) is 9.59 Å². The molecule has 0 spiro atoms. The van der Waals surface area contributed by atoms with Crippen molar-refractivity contribution in [3.8, 4) is 0 Å². The van der Waals surface area contributed by atoms with E-state index in [0.717, 1.165) is 6.29 Å². The molecule has 9 nitrogen and oxygen atoms in total. The molecule has 2 aliphatic carbocycles. The number of aliphatic carboxylic acids is 1. The number of aromatic amines is 1. The Bertz CT molecular complexity index is 986. The van der Waals surface area contributed by atoms with E-state index in [0.29, 0.717) is 17.7 Å². The largest absolute Gasteiger partial charge is 0.479 e. The normalized spacial score (nSPS) is 34.2. The number of nitrogens with one attached hydrogen (secondary N) is 1. The Morgan fingerprint density at radius 3 is 2.64 bits per heavy atom. The Balaban J connectivity index is 1.93. The SMILES string of the molecule is CO[C@@H](C[C@H]1C=C[C@@H]([C@H]2C[C@H](O)[C@@H](C)[C@H]2OC(=O)c2ccc[nH]2)C[C@]1(O)/C(C)=C/[C@@H](C)C=O)C(=O)O. The Morgan fingerprint density at radius 2 is 2.06 bits per heavy atom. The zero-order valence-corrected chi connectivity index (χ0v) is 21.2. The summed E-state index contributed by atoms with van der Waals surface area (Å²) in [6.07, 6.45) is 6.12. The Labute approximate surface area is 211 Å². The van der Waals surface area contributed by atoms with Crippen molar-refractivity contribution in [3.63, 3.8) is 0 Å². The second kappa shape index (κ2) is 11.5. The molecule has 198 valence electrons. The van der Waals surface area contributed by atoms with Crippen LogP contribution in [0.25, 0.3) is 0 Å². The van der Waals surface area contributed by atoms with E-state index in [1.54, 1.807) is 44.3 Å². The zero-order chi connectivity index (χ0) is 26.6. The van der Waals surface area contributed by atoms with Gasteiger partial charge < -0.3 is 34.6 Å². The van der Waals surface area contributed by atoms with E-state index in [2.05, 4.69) is 4.98 Å². The number of aliphatic hydroxyl groups is 2. The van der Waals surface area contributed by atoms with Gasteiger partial charge in [0.15, 0.2) is 6.10 Å². The minimum Gasteiger partial charge on any atom is -0.479 e. The van der Waals surface area contributed by atoms with Crippen LogP contribution >= 0.6 is 0 Å². The minimum atomic E-state index is -1.45. The van der Waals surface area contributed by atoms with Gasteiger partial charge in [-0.2, -0.15) is 0 Å². The molecule has 1 aromatic rings. The Morgan fingerprint density at radius 1 is 1.33 bits per heavy atom. The van der Waals surface area contributed by atoms with Crippen LogP contribution in [0.15, 0.2) is 42.1 Å². The first kappa shape index (κ1) is 27.8. The third-order valence-corrected chi connectivity index (χ3v) is 7.86. The van der Waals surface area contributed by atoms with Gasteiger partial charge in [0.2, 0.25) is 0 Å². The van der Waals surface area contributed by atoms with E-state index < -0.39 is 47.7 Å². The van der Waals surface area contributed by atoms with Crippen LogP contribution in [-0.4, -0.2) is 69.6 Å². The third kappa shape index (κ3) is 5.79. The molecule has 36 heavy (non-hydrogen) atoms. The number of carboxylic acids is 1. The average Bonchev–Trinajstić information content (AvgIpc) is 3.47. The zero-order valence-electron chi connectivity index (χ0n) is 21.2. The third-order valence-electron chi connectivity index (χ3n) is 7.86. The molecule has 9 atom stereocenters. The number of aromatic nitrogens is 1. The summed E-state index contributed by atoms with van der Waals surface area (Å²) in [7, 11) is 1.31. The summed E-state index contributed by atoms with van der Waals surface area (Å²) in [6, 6.07) is 3.32. The fraction of sp³-hybridized carbons (Fsp3) is 0.593. The standard InChI is InChI=1S/C27H37NO8/c1-15(14-29)10-16(2)27(34)13-18(7-8-19(27)11-23(35-4)25(31)32)20-12-22(30)17(3)24(20)36-26(33)21-6-5-9-28-21/h5-10,14-15,17-20,22-24,28,30,34H,11-13H2,1-4H3,(H,31,32)/b16-10+/t15-,17-,18-,19-,20-,22+,23+,24-,27+/m1/s1. The summed E-state index contributed by atoms with van der Waals surface area (Å²) >= 11 is 0. The number of carbonyl (C=O) groups is 3. The predicted octanol–water partition coefficient (Wildman–Crippen LogP) is 2.75. The summed E-state index contributed by atoms with van der Waals surface area (Å²) < 4.78 is 11.0. The van der Waals surface area contributed by atoms with E-state index in [9.17, 15) is 29.7 Å². The van der Waals surface area contributed by atoms with Gasteiger partial charge >= 0.3 is 11.9 Å². The van der Waals surface area contributed by atoms with E-state index in [4.69, 9.17) is 9.47 Å². The molecule has 0 radical (unpaired) electrons. The molecule has 9 heteroatoms. The molecule has 1 aromatic heterocycles. The maximum atomic E-state index is 12.7. The van der Waals surface area contributed by atoms with Gasteiger partial charge in [-0.05, 0) is 49.8 Å². The minimum absolute atomic E-state index is 0.0428. The van der Waals surface area contributed by atoms with Gasteiger partial charge in [-0.1, -0.05) is 32.1 Å². The summed E-state index contributed by atoms with van der Waals surface area (Å²) in [6.45, 7) is 5.29. The molecule has 0 aliphatic heterocycles. The molecule has 0 bridgehead atoms. The van der Waals surface area contributed by atoms with Crippen LogP contribution in [0.2, 0.25) is 0 Å². The number of carbonyl (C=O) groups excluding carboxylic acids is 2. The summed E-state index contributed by atoms with van der Waals surface area (Å²) in [5.74, 6) is -3.45. The highest BCUT2D eigenvalue weighted by Gasteiger charge is 2.50. The molecule has 1 fully saturated rings. The highest BCUT2D eigenvalue weighted by molar-refractivity contribution is 5.87. The maximum absolute atomic E-state index is 12.7. The van der Waals surface area contributed by atoms with Crippen LogP contribution < -0.4 is 0 Å². The first-order valence-corrected chi connectivity index (χ1v) is 12.3. The lowest BCUT2D eigenvalue weighted by atomic mass is 9.66. The van der Waals surface area contributed by atoms with Crippen LogP contribution in [0, 0.1) is 29.6 Å². The molecular formula is C27H37NO8. The number of rotatable bonds is 10. The highest BCUT2D eigenvalue weighted by atomic mass is 16.5. The van der Waals surface area contributed by atoms with Crippen LogP contribution in [0.3, 0.4) is 0 Å². The second-order valence-electron chi connectivity index (χ2n) is 10.2. The number of aliphatic hydroxyl groups excluding tert-OH is 1. The fourth-order valence-electron chi connectivity index (χ4n) is 5.64. The van der Waals surface area contributed by atoms with Crippen molar-refractivity contribution in [2.75, 3.05) is 7.11 Å². The van der Waals surface area contributed by atoms with Crippen LogP contribution in [0.4, 0.5) is 0 Å². The molecular weight excluding hydrogens is 466 g/mol. The number of aldehydes is 1. The van der Waals surface area contributed by atoms with E-state index in [-0.39, 0.29) is 30.6 Å². The van der Waals surface area contributed by atoms with Crippen molar-refractivity contribution in [1.82, 2.24) is 4.98 Å². The number of allylic oxidation sites excluding steroid dienone is 2. The van der Waals surface area contributed by atoms with Crippen molar-refractivity contribution in [2.24, 2.45) is 29.6 Å². The Hall–Kier alpha value is -2.75. The van der Waals surface area contributed by atoms with Crippen molar-refractivity contribution in [2.45, 2.75) is 63.9 Å². The highest BCUT2D eigenvalue weighted by Crippen LogP contribution is 2.48. The number of esters is 1. The van der Waals surface area contributed by atoms with Gasteiger partial charge in [0.1, 0.15) is 18.1 Å². The lowest BCUT2D eigenvalue weighted by Gasteiger charge is -2.44. The summed E-state index contributed by atoms with van der Waals surface area (Å²) in [4.78, 5) is 38.4. The number of ether oxygens (including phenoxy) is 2. The van der Waals surface area contributed by atoms with Crippen molar-refractivity contribution >= 4 is 18.2 Å². The van der Waals surface area contributed by atoms with Crippen LogP contribution in [-0.2, 0) is 19.1 Å². The second-order valence-corrected chi connectivity index (χ2v) is 10.2. The van der Waals surface area contributed by atoms with Crippen LogP contribution in [0.5, 0.6) is 0 Å². The quantitative estimate of drug-likeness (QED) is 0.217. The predicted molar refractivity (Wildman–Crippen MR) is 131 cm³/mol. The van der Waals surface area contributed by atoms with Crippen molar-refractivity contribution < 1.29 is 39.2 Å². The first-order valence-electron chi connectivity index (χ1n) is 12.3. The number of hydrogen-bond donors (Lipinski definition) is 4. The van der Waals surface area contributed by atoms with Crippen LogP contribution in [0.1, 0.15) is 50.5 Å². The number of hydrogen-bond acceptors (Lipinski definition) is 7. The molecule has 1 heterocycles. The monoisotopic (exact) mass is 503 g/mol. The number of H-pyrrole nitrogens is 1. The van der Waals surface area contributed by atoms with Crippen molar-refractivity contribution in [1.29, 1.82) is 0 Å². The van der Waals surface area contributed by atoms with Gasteiger partial charge in [0.25, 0.3) is 0 Å². The molecule has 2 aliphatic rings. The van der Waals surface area contributed by atoms with Crippen molar-refractivity contribution in [3.05, 3.63) is 47.8 Å². The first-order chi connectivity index (χ1) is 17.0. The smallest absolute Gasteiger partial charge is 0.355 e. The van der Waals surface area contributed by atoms with Gasteiger partial charge in [-0.15, -0.1) is 0 Å². The molecule has 0 unspecified atom stereocenters. The van der Waals surface area contributed by atoms with Gasteiger partial charge in [0.05, 0.1) is 11.7 Å². The topological polar surface area (TPSA) is 146 Å². The summed E-state index contributed by atoms with van der Waals surface area (Å²) in [5, 5.41) is 32.1. The molecule has 0 saturated heterocycles. The Kier molecular flexibility index (Phi) is 8.92. The number of methoxy groups -OCH3 is 1. The fourth-order valence-corrected chi connectivity index (χ4v) is 5.64. The lowest BCUT2D eigenvalue weighted by Crippen LogP contribution is -2.47. The molecule has 4 N–H and O–H groups in total. The van der Waals surface area contributed by atoms with Gasteiger partial charge in [0, 0.05) is 37.0 Å². The lowest BCUT2D eigenvalue weighted by molar-refractivity contribution is -0.150. The van der Waals surface area contributed by atoms with E-state index >= 15 is 0 Å². The number of carboxylic acid groups (broad SMARTS) is 1. The van der Waals surface area contributed by atoms with E-state index in [1.165, 1.54) is 7.11 Å². The maximum Gasteiger partial charge on any atom is 0.355 e. The molecule has 1 saturated carbocycles. The molecule has 3 rings (SSSR count).